The van der Waals surface area contributed by atoms with Crippen molar-refractivity contribution in [1.29, 1.82) is 0 Å². The number of nitrogens with zero attached hydrogens (tertiary/aromatic N) is 4. The lowest BCUT2D eigenvalue weighted by molar-refractivity contribution is -0.0206. The molecule has 3 heterocycles. The van der Waals surface area contributed by atoms with Gasteiger partial charge in [0.1, 0.15) is 23.6 Å². The summed E-state index contributed by atoms with van der Waals surface area (Å²) in [6, 6.07) is 4.49. The second kappa shape index (κ2) is 7.60. The van der Waals surface area contributed by atoms with Crippen molar-refractivity contribution in [1.82, 2.24) is 19.4 Å². The number of aryl methyl sites for hydroxylation is 1. The Kier molecular flexibility index (Phi) is 5.20. The van der Waals surface area contributed by atoms with Crippen LogP contribution in [-0.4, -0.2) is 39.6 Å². The van der Waals surface area contributed by atoms with Gasteiger partial charge in [-0.05, 0) is 20.0 Å². The molecule has 0 amide bonds. The third kappa shape index (κ3) is 3.54. The average molecular weight is 435 g/mol. The Labute approximate surface area is 175 Å². The first-order valence-electron chi connectivity index (χ1n) is 9.68. The highest BCUT2D eigenvalue weighted by Gasteiger charge is 2.45. The Bertz CT molecular complexity index is 1210. The molecule has 6 nitrogen and oxygen atoms in total. The van der Waals surface area contributed by atoms with Gasteiger partial charge >= 0.3 is 0 Å². The van der Waals surface area contributed by atoms with Crippen LogP contribution in [0.25, 0.3) is 11.0 Å². The van der Waals surface area contributed by atoms with E-state index >= 15 is 4.39 Å². The second-order valence-corrected chi connectivity index (χ2v) is 7.94. The molecule has 10 heteroatoms. The highest BCUT2D eigenvalue weighted by atomic mass is 19.3. The molecule has 2 aromatic heterocycles. The minimum absolute atomic E-state index is 0.00280. The lowest BCUT2D eigenvalue weighted by atomic mass is 9.89. The lowest BCUT2D eigenvalue weighted by Crippen LogP contribution is -2.56. The standard InChI is InChI=1S/C21H21F4N5O/c1-11(12-5-4-6-13(16(12)22)17(23)24)28-18-14-7-15(21(25)8-29(2)9-21)20(31)30(3)19(14)27-10-26-18/h4-7,10-11,17H,8-9H2,1-3H3,(H,26,27,28)/t11-/m1/s1. The van der Waals surface area contributed by atoms with Crippen LogP contribution < -0.4 is 10.9 Å². The quantitative estimate of drug-likeness (QED) is 0.620. The molecule has 1 aromatic carbocycles. The number of pyridine rings is 1. The fourth-order valence-electron chi connectivity index (χ4n) is 4.04. The molecule has 1 saturated heterocycles. The monoisotopic (exact) mass is 435 g/mol. The van der Waals surface area contributed by atoms with Crippen molar-refractivity contribution < 1.29 is 17.6 Å². The molecule has 3 aromatic rings. The van der Waals surface area contributed by atoms with E-state index in [9.17, 15) is 18.0 Å². The Morgan fingerprint density at radius 2 is 1.84 bits per heavy atom. The molecule has 0 bridgehead atoms. The summed E-state index contributed by atoms with van der Waals surface area (Å²) in [4.78, 5) is 22.8. The highest BCUT2D eigenvalue weighted by molar-refractivity contribution is 5.87. The maximum Gasteiger partial charge on any atom is 0.266 e. The summed E-state index contributed by atoms with van der Waals surface area (Å²) in [6.07, 6.45) is -1.71. The van der Waals surface area contributed by atoms with E-state index < -0.39 is 35.1 Å². The first kappa shape index (κ1) is 21.2. The van der Waals surface area contributed by atoms with Crippen LogP contribution in [0.3, 0.4) is 0 Å². The third-order valence-electron chi connectivity index (χ3n) is 5.64. The average Bonchev–Trinajstić information content (AvgIpc) is 2.69. The highest BCUT2D eigenvalue weighted by Crippen LogP contribution is 2.35. The number of rotatable bonds is 5. The SMILES string of the molecule is C[C@@H](Nc1ncnc2c1cc(C1(F)CN(C)C1)c(=O)n2C)c1cccc(C(F)F)c1F. The Morgan fingerprint density at radius 3 is 2.48 bits per heavy atom. The van der Waals surface area contributed by atoms with Gasteiger partial charge in [0, 0.05) is 25.7 Å². The molecule has 0 saturated carbocycles. The van der Waals surface area contributed by atoms with Crippen LogP contribution in [0.15, 0.2) is 35.4 Å². The number of hydrogen-bond acceptors (Lipinski definition) is 5. The summed E-state index contributed by atoms with van der Waals surface area (Å²) < 4.78 is 57.2. The van der Waals surface area contributed by atoms with Crippen LogP contribution in [0, 0.1) is 5.82 Å². The molecule has 1 N–H and O–H groups in total. The van der Waals surface area contributed by atoms with Gasteiger partial charge < -0.3 is 5.32 Å². The Balaban J connectivity index is 1.78. The minimum Gasteiger partial charge on any atom is -0.363 e. The molecule has 0 aliphatic carbocycles. The van der Waals surface area contributed by atoms with Crippen LogP contribution in [-0.2, 0) is 12.7 Å². The normalized spacial score (nSPS) is 17.0. The van der Waals surface area contributed by atoms with Crippen LogP contribution in [0.4, 0.5) is 23.4 Å². The maximum absolute atomic E-state index is 15.3. The van der Waals surface area contributed by atoms with E-state index in [0.29, 0.717) is 5.39 Å². The lowest BCUT2D eigenvalue weighted by Gasteiger charge is -2.42. The van der Waals surface area contributed by atoms with Crippen molar-refractivity contribution in [3.63, 3.8) is 0 Å². The predicted molar refractivity (Wildman–Crippen MR) is 108 cm³/mol. The Morgan fingerprint density at radius 1 is 1.16 bits per heavy atom. The number of hydrogen-bond donors (Lipinski definition) is 1. The van der Waals surface area contributed by atoms with E-state index in [2.05, 4.69) is 15.3 Å². The molecule has 1 aliphatic rings. The third-order valence-corrected chi connectivity index (χ3v) is 5.64. The summed E-state index contributed by atoms with van der Waals surface area (Å²) in [6.45, 7) is 1.78. The van der Waals surface area contributed by atoms with Crippen molar-refractivity contribution in [2.24, 2.45) is 7.05 Å². The first-order valence-corrected chi connectivity index (χ1v) is 9.68. The van der Waals surface area contributed by atoms with Gasteiger partial charge in [-0.2, -0.15) is 0 Å². The van der Waals surface area contributed by atoms with Gasteiger partial charge in [0.25, 0.3) is 12.0 Å². The zero-order valence-corrected chi connectivity index (χ0v) is 17.2. The molecule has 4 rings (SSSR count). The van der Waals surface area contributed by atoms with Crippen molar-refractivity contribution in [3.05, 3.63) is 63.5 Å². The summed E-state index contributed by atoms with van der Waals surface area (Å²) in [5.74, 6) is -0.753. The molecular formula is C21H21F4N5O. The summed E-state index contributed by atoms with van der Waals surface area (Å²) >= 11 is 0. The fourth-order valence-corrected chi connectivity index (χ4v) is 4.04. The van der Waals surface area contributed by atoms with Crippen molar-refractivity contribution in [2.45, 2.75) is 25.1 Å². The topological polar surface area (TPSA) is 63.1 Å². The van der Waals surface area contributed by atoms with Crippen LogP contribution in [0.1, 0.15) is 36.1 Å². The van der Waals surface area contributed by atoms with E-state index in [1.807, 2.05) is 0 Å². The maximum atomic E-state index is 15.3. The number of anilines is 1. The van der Waals surface area contributed by atoms with E-state index in [-0.39, 0.29) is 35.7 Å². The largest absolute Gasteiger partial charge is 0.363 e. The number of benzene rings is 1. The van der Waals surface area contributed by atoms with Crippen LogP contribution in [0.2, 0.25) is 0 Å². The van der Waals surface area contributed by atoms with Gasteiger partial charge in [0.15, 0.2) is 5.67 Å². The van der Waals surface area contributed by atoms with Crippen molar-refractivity contribution in [3.8, 4) is 0 Å². The second-order valence-electron chi connectivity index (χ2n) is 7.94. The number of nitrogens with one attached hydrogen (secondary N) is 1. The zero-order valence-electron chi connectivity index (χ0n) is 17.2. The number of likely N-dealkylation sites (tertiary alicyclic amines) is 1. The molecule has 1 aliphatic heterocycles. The molecule has 0 radical (unpaired) electrons. The number of fused-ring (bicyclic) bond motifs is 1. The van der Waals surface area contributed by atoms with Gasteiger partial charge in [-0.3, -0.25) is 14.3 Å². The van der Waals surface area contributed by atoms with Gasteiger partial charge in [-0.1, -0.05) is 18.2 Å². The van der Waals surface area contributed by atoms with E-state index in [0.717, 1.165) is 6.07 Å². The number of halogens is 4. The summed E-state index contributed by atoms with van der Waals surface area (Å²) in [5.41, 5.74) is -2.65. The van der Waals surface area contributed by atoms with Crippen molar-refractivity contribution in [2.75, 3.05) is 25.5 Å². The van der Waals surface area contributed by atoms with Gasteiger partial charge in [-0.25, -0.2) is 27.5 Å². The number of aromatic nitrogens is 3. The van der Waals surface area contributed by atoms with Gasteiger partial charge in [0.05, 0.1) is 22.6 Å². The predicted octanol–water partition coefficient (Wildman–Crippen LogP) is 3.69. The molecule has 0 unspecified atom stereocenters. The van der Waals surface area contributed by atoms with Gasteiger partial charge in [-0.15, -0.1) is 0 Å². The van der Waals surface area contributed by atoms with E-state index in [1.165, 1.54) is 36.1 Å². The van der Waals surface area contributed by atoms with Crippen molar-refractivity contribution >= 4 is 16.9 Å². The number of likely N-dealkylation sites (N-methyl/N-ethyl adjacent to an activating group) is 1. The number of alkyl halides is 3. The molecular weight excluding hydrogens is 414 g/mol. The zero-order chi connectivity index (χ0) is 22.5. The molecule has 1 fully saturated rings. The molecule has 164 valence electrons. The fraction of sp³-hybridized carbons (Fsp3) is 0.381. The van der Waals surface area contributed by atoms with E-state index in [1.54, 1.807) is 18.9 Å². The minimum atomic E-state index is -2.94. The van der Waals surface area contributed by atoms with E-state index in [4.69, 9.17) is 0 Å². The molecule has 0 spiro atoms. The molecule has 31 heavy (non-hydrogen) atoms. The van der Waals surface area contributed by atoms with Crippen LogP contribution >= 0.6 is 0 Å². The van der Waals surface area contributed by atoms with Gasteiger partial charge in [0.2, 0.25) is 0 Å². The first-order chi connectivity index (χ1) is 14.6. The summed E-state index contributed by atoms with van der Waals surface area (Å²) in [5, 5.41) is 3.37. The van der Waals surface area contributed by atoms with Crippen LogP contribution in [0.5, 0.6) is 0 Å². The molecule has 1 atom stereocenters. The smallest absolute Gasteiger partial charge is 0.266 e. The Hall–Kier alpha value is -3.01. The summed E-state index contributed by atoms with van der Waals surface area (Å²) in [7, 11) is 3.25.